The van der Waals surface area contributed by atoms with Crippen LogP contribution in [0.25, 0.3) is 10.9 Å². The molecule has 1 N–H and O–H groups in total. The number of hydrogen-bond donors (Lipinski definition) is 1. The van der Waals surface area contributed by atoms with Gasteiger partial charge in [0.1, 0.15) is 11.6 Å². The average Bonchev–Trinajstić information content (AvgIpc) is 2.98. The van der Waals surface area contributed by atoms with Gasteiger partial charge in [0.15, 0.2) is 23.1 Å². The maximum absolute atomic E-state index is 15.3. The summed E-state index contributed by atoms with van der Waals surface area (Å²) >= 11 is 5.89. The number of pyridine rings is 1. The van der Waals surface area contributed by atoms with E-state index in [1.165, 1.54) is 19.2 Å². The van der Waals surface area contributed by atoms with Gasteiger partial charge in [-0.15, -0.1) is 4.40 Å². The number of benzene rings is 3. The van der Waals surface area contributed by atoms with E-state index in [1.54, 1.807) is 61.8 Å². The van der Waals surface area contributed by atoms with Crippen LogP contribution in [0.15, 0.2) is 71.3 Å². The predicted molar refractivity (Wildman–Crippen MR) is 167 cm³/mol. The van der Waals surface area contributed by atoms with Gasteiger partial charge in [-0.25, -0.2) is 12.8 Å². The zero-order valence-electron chi connectivity index (χ0n) is 24.1. The Morgan fingerprint density at radius 3 is 2.47 bits per heavy atom. The maximum Gasteiger partial charge on any atom is 0.258 e. The number of nitrogens with zero attached hydrogens (tertiary/aromatic N) is 2. The molecule has 0 fully saturated rings. The van der Waals surface area contributed by atoms with Crippen LogP contribution < -0.4 is 19.5 Å². The first kappa shape index (κ1) is 32.0. The second-order valence-electron chi connectivity index (χ2n) is 9.54. The highest BCUT2D eigenvalue weighted by Gasteiger charge is 2.16. The standard InChI is InChI=1S/C31H33ClFN3O6S/c1-4-5-15-41-30-19-26-24(18-29(30)40-3)27(12-14-34-26)42-28-11-10-23(17-25(28)33)35-31(13-16-39-2)36-43(37,38)20-21-6-8-22(32)9-7-21/h6-12,14,17-19H,4-5,13,15-16,20H2,1-3H3,(H,35,36). The van der Waals surface area contributed by atoms with Gasteiger partial charge >= 0.3 is 0 Å². The third-order valence-corrected chi connectivity index (χ3v) is 7.69. The Labute approximate surface area is 255 Å². The van der Waals surface area contributed by atoms with E-state index in [2.05, 4.69) is 21.6 Å². The molecule has 0 atom stereocenters. The summed E-state index contributed by atoms with van der Waals surface area (Å²) in [5, 5.41) is 4.02. The van der Waals surface area contributed by atoms with E-state index in [9.17, 15) is 8.42 Å². The van der Waals surface area contributed by atoms with Crippen molar-refractivity contribution in [3.8, 4) is 23.0 Å². The number of fused-ring (bicyclic) bond motifs is 1. The van der Waals surface area contributed by atoms with Gasteiger partial charge in [0.2, 0.25) is 0 Å². The second kappa shape index (κ2) is 15.0. The van der Waals surface area contributed by atoms with Crippen LogP contribution in [0.1, 0.15) is 31.7 Å². The quantitative estimate of drug-likeness (QED) is 0.0874. The Balaban J connectivity index is 1.54. The zero-order valence-corrected chi connectivity index (χ0v) is 25.7. The fourth-order valence-corrected chi connectivity index (χ4v) is 5.36. The summed E-state index contributed by atoms with van der Waals surface area (Å²) in [5.74, 6) is 0.529. The van der Waals surface area contributed by atoms with Crippen molar-refractivity contribution in [1.82, 2.24) is 4.98 Å². The molecule has 0 amide bonds. The van der Waals surface area contributed by atoms with Gasteiger partial charge < -0.3 is 24.3 Å². The molecule has 0 saturated heterocycles. The number of sulfonamides is 1. The number of hydrogen-bond acceptors (Lipinski definition) is 7. The molecule has 3 aromatic carbocycles. The van der Waals surface area contributed by atoms with Crippen LogP contribution in [-0.4, -0.2) is 46.7 Å². The second-order valence-corrected chi connectivity index (χ2v) is 11.6. The monoisotopic (exact) mass is 629 g/mol. The van der Waals surface area contributed by atoms with Crippen LogP contribution in [0.5, 0.6) is 23.0 Å². The number of methoxy groups -OCH3 is 2. The van der Waals surface area contributed by atoms with Crippen LogP contribution in [0.4, 0.5) is 10.1 Å². The predicted octanol–water partition coefficient (Wildman–Crippen LogP) is 7.38. The van der Waals surface area contributed by atoms with Gasteiger partial charge in [0.05, 0.1) is 31.6 Å². The Kier molecular flexibility index (Phi) is 11.2. The lowest BCUT2D eigenvalue weighted by Gasteiger charge is -2.15. The number of rotatable bonds is 14. The summed E-state index contributed by atoms with van der Waals surface area (Å²) < 4.78 is 67.2. The summed E-state index contributed by atoms with van der Waals surface area (Å²) in [6.07, 6.45) is 3.62. The molecule has 0 aliphatic carbocycles. The highest BCUT2D eigenvalue weighted by molar-refractivity contribution is 7.89. The van der Waals surface area contributed by atoms with Crippen molar-refractivity contribution < 1.29 is 31.8 Å². The minimum absolute atomic E-state index is 0.0361. The maximum atomic E-state index is 15.3. The Hall–Kier alpha value is -3.93. The normalized spacial score (nSPS) is 11.9. The molecule has 0 aliphatic heterocycles. The Morgan fingerprint density at radius 2 is 1.77 bits per heavy atom. The number of unbranched alkanes of at least 4 members (excludes halogenated alkanes) is 1. The first-order chi connectivity index (χ1) is 20.7. The SMILES string of the molecule is CCCCOc1cc2nccc(Oc3ccc(N/C(CCOC)=N/S(=O)(=O)Cc4ccc(Cl)cc4)cc3F)c2cc1OC. The number of halogens is 2. The average molecular weight is 630 g/mol. The lowest BCUT2D eigenvalue weighted by atomic mass is 10.1. The lowest BCUT2D eigenvalue weighted by molar-refractivity contribution is 0.207. The first-order valence-electron chi connectivity index (χ1n) is 13.6. The third kappa shape index (κ3) is 9.03. The third-order valence-electron chi connectivity index (χ3n) is 6.24. The molecular weight excluding hydrogens is 597 g/mol. The molecular formula is C31H33ClFN3O6S. The molecule has 1 heterocycles. The lowest BCUT2D eigenvalue weighted by Crippen LogP contribution is -2.17. The summed E-state index contributed by atoms with van der Waals surface area (Å²) in [6, 6.07) is 15.8. The minimum atomic E-state index is -3.91. The zero-order chi connectivity index (χ0) is 30.8. The summed E-state index contributed by atoms with van der Waals surface area (Å²) in [6.45, 7) is 2.83. The first-order valence-corrected chi connectivity index (χ1v) is 15.6. The smallest absolute Gasteiger partial charge is 0.258 e. The number of amidine groups is 1. The Bertz CT molecular complexity index is 1680. The van der Waals surface area contributed by atoms with E-state index in [0.29, 0.717) is 45.3 Å². The molecule has 1 aromatic heterocycles. The summed E-state index contributed by atoms with van der Waals surface area (Å²) in [7, 11) is -0.874. The van der Waals surface area contributed by atoms with Gasteiger partial charge in [-0.3, -0.25) is 4.98 Å². The van der Waals surface area contributed by atoms with E-state index in [4.69, 9.17) is 30.5 Å². The van der Waals surface area contributed by atoms with Crippen LogP contribution >= 0.6 is 11.6 Å². The van der Waals surface area contributed by atoms with E-state index >= 15 is 4.39 Å². The molecule has 4 aromatic rings. The van der Waals surface area contributed by atoms with Gasteiger partial charge in [0.25, 0.3) is 10.0 Å². The van der Waals surface area contributed by atoms with Gasteiger partial charge in [0, 0.05) is 48.0 Å². The van der Waals surface area contributed by atoms with Crippen molar-refractivity contribution in [2.24, 2.45) is 4.40 Å². The number of anilines is 1. The number of ether oxygens (including phenoxy) is 4. The molecule has 0 bridgehead atoms. The van der Waals surface area contributed by atoms with Gasteiger partial charge in [-0.1, -0.05) is 37.1 Å². The summed E-state index contributed by atoms with van der Waals surface area (Å²) in [5.41, 5.74) is 1.42. The van der Waals surface area contributed by atoms with E-state index < -0.39 is 15.8 Å². The van der Waals surface area contributed by atoms with E-state index in [0.717, 1.165) is 12.8 Å². The molecule has 0 radical (unpaired) electrons. The van der Waals surface area contributed by atoms with Crippen molar-refractivity contribution in [2.75, 3.05) is 32.8 Å². The molecule has 12 heteroatoms. The van der Waals surface area contributed by atoms with Crippen LogP contribution in [-0.2, 0) is 20.5 Å². The van der Waals surface area contributed by atoms with Crippen LogP contribution in [0.2, 0.25) is 5.02 Å². The van der Waals surface area contributed by atoms with Gasteiger partial charge in [-0.05, 0) is 48.4 Å². The molecule has 4 rings (SSSR count). The topological polar surface area (TPSA) is 108 Å². The highest BCUT2D eigenvalue weighted by Crippen LogP contribution is 2.38. The highest BCUT2D eigenvalue weighted by atomic mass is 35.5. The molecule has 9 nitrogen and oxygen atoms in total. The summed E-state index contributed by atoms with van der Waals surface area (Å²) in [4.78, 5) is 4.40. The number of nitrogens with one attached hydrogen (secondary N) is 1. The van der Waals surface area contributed by atoms with E-state index in [-0.39, 0.29) is 36.1 Å². The molecule has 228 valence electrons. The van der Waals surface area contributed by atoms with Gasteiger partial charge in [-0.2, -0.15) is 0 Å². The Morgan fingerprint density at radius 1 is 0.977 bits per heavy atom. The van der Waals surface area contributed by atoms with Crippen LogP contribution in [0, 0.1) is 5.82 Å². The van der Waals surface area contributed by atoms with E-state index in [1.807, 2.05) is 0 Å². The fourth-order valence-electron chi connectivity index (χ4n) is 4.08. The molecule has 0 spiro atoms. The minimum Gasteiger partial charge on any atom is -0.493 e. The molecule has 0 aliphatic rings. The largest absolute Gasteiger partial charge is 0.493 e. The van der Waals surface area contributed by atoms with Crippen molar-refractivity contribution in [1.29, 1.82) is 0 Å². The molecule has 43 heavy (non-hydrogen) atoms. The van der Waals surface area contributed by atoms with Crippen molar-refractivity contribution in [3.05, 3.63) is 83.3 Å². The van der Waals surface area contributed by atoms with Crippen LogP contribution in [0.3, 0.4) is 0 Å². The van der Waals surface area contributed by atoms with Crippen molar-refractivity contribution in [2.45, 2.75) is 31.9 Å². The fraction of sp³-hybridized carbons (Fsp3) is 0.290. The number of aromatic nitrogens is 1. The molecule has 0 saturated carbocycles. The molecule has 0 unspecified atom stereocenters. The van der Waals surface area contributed by atoms with Crippen molar-refractivity contribution >= 4 is 44.1 Å². The van der Waals surface area contributed by atoms with Crippen molar-refractivity contribution in [3.63, 3.8) is 0 Å².